The van der Waals surface area contributed by atoms with Crippen molar-refractivity contribution in [3.05, 3.63) is 71.3 Å². The molecular weight excluding hydrogens is 414 g/mol. The Bertz CT molecular complexity index is 1250. The van der Waals surface area contributed by atoms with Crippen LogP contribution in [0.1, 0.15) is 24.2 Å². The zero-order valence-corrected chi connectivity index (χ0v) is 17.4. The monoisotopic (exact) mass is 431 g/mol. The molecule has 2 N–H and O–H groups in total. The van der Waals surface area contributed by atoms with Gasteiger partial charge in [0.25, 0.3) is 0 Å². The molecule has 8 nitrogen and oxygen atoms in total. The second-order valence-electron chi connectivity index (χ2n) is 7.58. The van der Waals surface area contributed by atoms with Gasteiger partial charge >= 0.3 is 0 Å². The molecule has 4 aromatic rings. The molecule has 2 aromatic heterocycles. The fourth-order valence-corrected chi connectivity index (χ4v) is 3.87. The molecule has 0 saturated heterocycles. The van der Waals surface area contributed by atoms with Crippen molar-refractivity contribution in [3.63, 3.8) is 0 Å². The Morgan fingerprint density at radius 3 is 2.58 bits per heavy atom. The third kappa shape index (κ3) is 3.66. The fourth-order valence-electron chi connectivity index (χ4n) is 3.68. The molecule has 0 atom stereocenters. The van der Waals surface area contributed by atoms with Gasteiger partial charge in [0.15, 0.2) is 5.82 Å². The zero-order valence-electron chi connectivity index (χ0n) is 16.6. The minimum absolute atomic E-state index is 0.0529. The molecule has 1 saturated carbocycles. The Morgan fingerprint density at radius 2 is 1.90 bits per heavy atom. The maximum absolute atomic E-state index is 13.2. The molecule has 1 amide bonds. The van der Waals surface area contributed by atoms with Gasteiger partial charge in [0, 0.05) is 34.2 Å². The highest BCUT2D eigenvalue weighted by atomic mass is 35.5. The number of tetrazole rings is 1. The molecule has 2 aromatic carbocycles. The van der Waals surface area contributed by atoms with E-state index < -0.39 is 5.41 Å². The SMILES string of the molecule is Cc1ncc(-c2ccc(NC(=O)C3(c4cccc(Cl)c4)CC3)cc2-c2nnn[nH]2)cn1. The summed E-state index contributed by atoms with van der Waals surface area (Å²) in [5, 5.41) is 17.9. The summed E-state index contributed by atoms with van der Waals surface area (Å²) in [5.74, 6) is 1.12. The molecular formula is C22H18ClN7O. The van der Waals surface area contributed by atoms with Crippen molar-refractivity contribution in [2.45, 2.75) is 25.2 Å². The first-order valence-corrected chi connectivity index (χ1v) is 10.2. The molecule has 0 bridgehead atoms. The van der Waals surface area contributed by atoms with E-state index in [9.17, 15) is 4.79 Å². The van der Waals surface area contributed by atoms with Gasteiger partial charge < -0.3 is 5.32 Å². The number of aromatic amines is 1. The minimum Gasteiger partial charge on any atom is -0.325 e. The molecule has 1 aliphatic carbocycles. The zero-order chi connectivity index (χ0) is 21.4. The number of aryl methyl sites for hydroxylation is 1. The van der Waals surface area contributed by atoms with E-state index in [1.54, 1.807) is 12.4 Å². The first kappa shape index (κ1) is 19.3. The summed E-state index contributed by atoms with van der Waals surface area (Å²) >= 11 is 6.14. The van der Waals surface area contributed by atoms with Gasteiger partial charge in [-0.25, -0.2) is 15.1 Å². The van der Waals surface area contributed by atoms with E-state index in [0.29, 0.717) is 22.4 Å². The lowest BCUT2D eigenvalue weighted by molar-refractivity contribution is -0.118. The highest BCUT2D eigenvalue weighted by Gasteiger charge is 2.51. The summed E-state index contributed by atoms with van der Waals surface area (Å²) in [6.07, 6.45) is 5.08. The summed E-state index contributed by atoms with van der Waals surface area (Å²) in [4.78, 5) is 21.7. The predicted octanol–water partition coefficient (Wildman–Crippen LogP) is 3.96. The number of carbonyl (C=O) groups excluding carboxylic acids is 1. The van der Waals surface area contributed by atoms with Crippen LogP contribution in [0.25, 0.3) is 22.5 Å². The summed E-state index contributed by atoms with van der Waals surface area (Å²) in [7, 11) is 0. The number of halogens is 1. The van der Waals surface area contributed by atoms with Crippen molar-refractivity contribution in [2.75, 3.05) is 5.32 Å². The van der Waals surface area contributed by atoms with E-state index >= 15 is 0 Å². The molecule has 1 fully saturated rings. The Hall–Kier alpha value is -3.65. The van der Waals surface area contributed by atoms with Crippen LogP contribution in [0.2, 0.25) is 5.02 Å². The number of H-pyrrole nitrogens is 1. The molecule has 0 spiro atoms. The van der Waals surface area contributed by atoms with Crippen LogP contribution in [0.4, 0.5) is 5.69 Å². The van der Waals surface area contributed by atoms with Crippen LogP contribution in [0.5, 0.6) is 0 Å². The number of amides is 1. The van der Waals surface area contributed by atoms with Crippen molar-refractivity contribution < 1.29 is 4.79 Å². The van der Waals surface area contributed by atoms with Crippen LogP contribution >= 0.6 is 11.6 Å². The topological polar surface area (TPSA) is 109 Å². The number of hydrogen-bond acceptors (Lipinski definition) is 6. The molecule has 2 heterocycles. The number of rotatable bonds is 5. The second kappa shape index (κ2) is 7.55. The first-order valence-electron chi connectivity index (χ1n) is 9.80. The van der Waals surface area contributed by atoms with Crippen molar-refractivity contribution in [1.82, 2.24) is 30.6 Å². The Labute approximate surface area is 183 Å². The number of carbonyl (C=O) groups is 1. The summed E-state index contributed by atoms with van der Waals surface area (Å²) in [6.45, 7) is 1.83. The average Bonchev–Trinajstić information content (AvgIpc) is 3.41. The van der Waals surface area contributed by atoms with E-state index in [0.717, 1.165) is 35.1 Å². The lowest BCUT2D eigenvalue weighted by Gasteiger charge is -2.17. The van der Waals surface area contributed by atoms with Gasteiger partial charge in [-0.1, -0.05) is 29.8 Å². The van der Waals surface area contributed by atoms with Crippen LogP contribution < -0.4 is 5.32 Å². The normalized spacial score (nSPS) is 14.3. The third-order valence-corrected chi connectivity index (χ3v) is 5.77. The van der Waals surface area contributed by atoms with E-state index in [1.807, 2.05) is 49.4 Å². The highest BCUT2D eigenvalue weighted by molar-refractivity contribution is 6.30. The summed E-state index contributed by atoms with van der Waals surface area (Å²) in [5.41, 5.74) is 3.47. The van der Waals surface area contributed by atoms with Crippen LogP contribution in [0.3, 0.4) is 0 Å². The third-order valence-electron chi connectivity index (χ3n) is 5.53. The fraction of sp³-hybridized carbons (Fsp3) is 0.182. The van der Waals surface area contributed by atoms with E-state index in [1.165, 1.54) is 0 Å². The smallest absolute Gasteiger partial charge is 0.235 e. The largest absolute Gasteiger partial charge is 0.325 e. The number of hydrogen-bond donors (Lipinski definition) is 2. The second-order valence-corrected chi connectivity index (χ2v) is 8.01. The molecule has 9 heteroatoms. The van der Waals surface area contributed by atoms with Crippen LogP contribution in [0, 0.1) is 6.92 Å². The molecule has 1 aliphatic rings. The lowest BCUT2D eigenvalue weighted by Crippen LogP contribution is -2.27. The Kier molecular flexibility index (Phi) is 4.71. The van der Waals surface area contributed by atoms with Gasteiger partial charge in [-0.05, 0) is 65.6 Å². The maximum Gasteiger partial charge on any atom is 0.235 e. The molecule has 5 rings (SSSR count). The summed E-state index contributed by atoms with van der Waals surface area (Å²) in [6, 6.07) is 13.1. The Balaban J connectivity index is 1.49. The molecule has 0 aliphatic heterocycles. The Morgan fingerprint density at radius 1 is 1.10 bits per heavy atom. The van der Waals surface area contributed by atoms with Crippen molar-refractivity contribution in [2.24, 2.45) is 0 Å². The highest BCUT2D eigenvalue weighted by Crippen LogP contribution is 2.49. The van der Waals surface area contributed by atoms with Gasteiger partial charge in [-0.2, -0.15) is 0 Å². The van der Waals surface area contributed by atoms with Gasteiger partial charge in [0.2, 0.25) is 5.91 Å². The maximum atomic E-state index is 13.2. The van der Waals surface area contributed by atoms with Crippen molar-refractivity contribution in [3.8, 4) is 22.5 Å². The van der Waals surface area contributed by atoms with Gasteiger partial charge in [-0.15, -0.1) is 5.10 Å². The van der Waals surface area contributed by atoms with Crippen molar-refractivity contribution in [1.29, 1.82) is 0 Å². The van der Waals surface area contributed by atoms with Crippen LogP contribution in [-0.2, 0) is 10.2 Å². The molecule has 0 radical (unpaired) electrons. The molecule has 31 heavy (non-hydrogen) atoms. The minimum atomic E-state index is -0.539. The predicted molar refractivity (Wildman–Crippen MR) is 116 cm³/mol. The van der Waals surface area contributed by atoms with Gasteiger partial charge in [0.05, 0.1) is 5.41 Å². The quantitative estimate of drug-likeness (QED) is 0.495. The van der Waals surface area contributed by atoms with Crippen LogP contribution in [0.15, 0.2) is 54.9 Å². The van der Waals surface area contributed by atoms with Crippen LogP contribution in [-0.4, -0.2) is 36.5 Å². The molecule has 154 valence electrons. The summed E-state index contributed by atoms with van der Waals surface area (Å²) < 4.78 is 0. The number of nitrogens with one attached hydrogen (secondary N) is 2. The van der Waals surface area contributed by atoms with E-state index in [4.69, 9.17) is 11.6 Å². The standard InChI is InChI=1S/C22H18ClN7O/c1-13-24-11-14(12-25-13)18-6-5-17(10-19(18)20-27-29-30-28-20)26-21(31)22(7-8-22)15-3-2-4-16(23)9-15/h2-6,9-12H,7-8H2,1H3,(H,26,31)(H,27,28,29,30). The number of anilines is 1. The van der Waals surface area contributed by atoms with E-state index in [2.05, 4.69) is 35.9 Å². The number of benzene rings is 2. The lowest BCUT2D eigenvalue weighted by atomic mass is 9.94. The van der Waals surface area contributed by atoms with E-state index in [-0.39, 0.29) is 5.91 Å². The van der Waals surface area contributed by atoms with Crippen molar-refractivity contribution >= 4 is 23.2 Å². The average molecular weight is 432 g/mol. The van der Waals surface area contributed by atoms with Gasteiger partial charge in [-0.3, -0.25) is 4.79 Å². The molecule has 0 unspecified atom stereocenters. The van der Waals surface area contributed by atoms with Gasteiger partial charge in [0.1, 0.15) is 5.82 Å². The first-order chi connectivity index (χ1) is 15.0. The number of nitrogens with zero attached hydrogens (tertiary/aromatic N) is 5. The number of aromatic nitrogens is 6.